The molecule has 3 aromatic rings. The lowest BCUT2D eigenvalue weighted by atomic mass is 10.0. The number of halogens is 1. The van der Waals surface area contributed by atoms with Crippen molar-refractivity contribution in [2.24, 2.45) is 0 Å². The number of aromatic nitrogens is 2. The van der Waals surface area contributed by atoms with E-state index in [2.05, 4.69) is 5.10 Å². The standard InChI is InChI=1S/C18H14ClN3O4/c1-10-17(12-4-3-5-14(8-12)22(25)26)11(2)21(20-10)13-6-7-16(19)15(9-13)18(23)24/h3-9H,1-2H3,(H,23,24). The van der Waals surface area contributed by atoms with Crippen LogP contribution in [0.1, 0.15) is 21.7 Å². The van der Waals surface area contributed by atoms with Gasteiger partial charge in [0.2, 0.25) is 0 Å². The minimum atomic E-state index is -1.13. The van der Waals surface area contributed by atoms with Crippen molar-refractivity contribution in [2.75, 3.05) is 0 Å². The smallest absolute Gasteiger partial charge is 0.337 e. The van der Waals surface area contributed by atoms with Crippen molar-refractivity contribution in [2.45, 2.75) is 13.8 Å². The third kappa shape index (κ3) is 3.04. The highest BCUT2D eigenvalue weighted by Crippen LogP contribution is 2.31. The normalized spacial score (nSPS) is 10.7. The molecule has 1 heterocycles. The quantitative estimate of drug-likeness (QED) is 0.540. The van der Waals surface area contributed by atoms with Crippen molar-refractivity contribution in [3.63, 3.8) is 0 Å². The second-order valence-corrected chi connectivity index (χ2v) is 6.14. The van der Waals surface area contributed by atoms with E-state index in [0.29, 0.717) is 16.9 Å². The first-order chi connectivity index (χ1) is 12.3. The van der Waals surface area contributed by atoms with Crippen LogP contribution in [-0.2, 0) is 0 Å². The van der Waals surface area contributed by atoms with Gasteiger partial charge >= 0.3 is 5.97 Å². The largest absolute Gasteiger partial charge is 0.478 e. The van der Waals surface area contributed by atoms with E-state index >= 15 is 0 Å². The van der Waals surface area contributed by atoms with E-state index in [9.17, 15) is 20.0 Å². The van der Waals surface area contributed by atoms with Gasteiger partial charge in [-0.3, -0.25) is 10.1 Å². The number of nitrogens with zero attached hydrogens (tertiary/aromatic N) is 3. The van der Waals surface area contributed by atoms with Crippen molar-refractivity contribution in [1.29, 1.82) is 0 Å². The van der Waals surface area contributed by atoms with Crippen LogP contribution in [0.25, 0.3) is 16.8 Å². The summed E-state index contributed by atoms with van der Waals surface area (Å²) in [6, 6.07) is 10.9. The summed E-state index contributed by atoms with van der Waals surface area (Å²) in [6.07, 6.45) is 0. The highest BCUT2D eigenvalue weighted by atomic mass is 35.5. The van der Waals surface area contributed by atoms with Gasteiger partial charge in [-0.05, 0) is 37.6 Å². The molecule has 0 radical (unpaired) electrons. The number of non-ortho nitro benzene ring substituents is 1. The second kappa shape index (κ2) is 6.61. The van der Waals surface area contributed by atoms with E-state index in [0.717, 1.165) is 11.3 Å². The molecule has 0 unspecified atom stereocenters. The molecule has 7 nitrogen and oxygen atoms in total. The lowest BCUT2D eigenvalue weighted by Gasteiger charge is -2.08. The molecule has 0 aliphatic heterocycles. The summed E-state index contributed by atoms with van der Waals surface area (Å²) in [7, 11) is 0. The average Bonchev–Trinajstić information content (AvgIpc) is 2.89. The lowest BCUT2D eigenvalue weighted by molar-refractivity contribution is -0.384. The maximum Gasteiger partial charge on any atom is 0.337 e. The maximum absolute atomic E-state index is 11.3. The highest BCUT2D eigenvalue weighted by molar-refractivity contribution is 6.33. The molecule has 0 fully saturated rings. The molecule has 26 heavy (non-hydrogen) atoms. The zero-order valence-electron chi connectivity index (χ0n) is 13.9. The lowest BCUT2D eigenvalue weighted by Crippen LogP contribution is -2.03. The van der Waals surface area contributed by atoms with Gasteiger partial charge in [-0.15, -0.1) is 0 Å². The van der Waals surface area contributed by atoms with E-state index < -0.39 is 10.9 Å². The van der Waals surface area contributed by atoms with Gasteiger partial charge in [-0.25, -0.2) is 9.48 Å². The first-order valence-electron chi connectivity index (χ1n) is 7.64. The molecule has 1 aromatic heterocycles. The minimum Gasteiger partial charge on any atom is -0.478 e. The van der Waals surface area contributed by atoms with Crippen LogP contribution in [0.15, 0.2) is 42.5 Å². The molecule has 0 saturated heterocycles. The molecule has 2 aromatic carbocycles. The molecular weight excluding hydrogens is 358 g/mol. The van der Waals surface area contributed by atoms with Crippen LogP contribution in [0, 0.1) is 24.0 Å². The molecule has 8 heteroatoms. The molecule has 0 bridgehead atoms. The Hall–Kier alpha value is -3.19. The second-order valence-electron chi connectivity index (χ2n) is 5.73. The third-order valence-electron chi connectivity index (χ3n) is 4.06. The van der Waals surface area contributed by atoms with Crippen molar-refractivity contribution in [3.8, 4) is 16.8 Å². The number of aryl methyl sites for hydroxylation is 1. The van der Waals surface area contributed by atoms with Gasteiger partial charge in [0.1, 0.15) is 0 Å². The van der Waals surface area contributed by atoms with Crippen LogP contribution in [0.2, 0.25) is 5.02 Å². The Morgan fingerprint density at radius 1 is 1.23 bits per heavy atom. The maximum atomic E-state index is 11.3. The Kier molecular flexibility index (Phi) is 4.48. The number of rotatable bonds is 4. The van der Waals surface area contributed by atoms with Gasteiger partial charge in [-0.2, -0.15) is 5.10 Å². The molecular formula is C18H14ClN3O4. The van der Waals surface area contributed by atoms with E-state index in [1.165, 1.54) is 24.3 Å². The van der Waals surface area contributed by atoms with Crippen LogP contribution in [0.5, 0.6) is 0 Å². The molecule has 1 N–H and O–H groups in total. The molecule has 0 amide bonds. The van der Waals surface area contributed by atoms with Gasteiger partial charge in [0.25, 0.3) is 5.69 Å². The number of benzene rings is 2. The Morgan fingerprint density at radius 2 is 1.96 bits per heavy atom. The Labute approximate surface area is 153 Å². The summed E-state index contributed by atoms with van der Waals surface area (Å²) in [5.74, 6) is -1.13. The fourth-order valence-corrected chi connectivity index (χ4v) is 3.09. The molecule has 0 saturated carbocycles. The minimum absolute atomic E-state index is 0.00583. The van der Waals surface area contributed by atoms with Crippen LogP contribution in [0.4, 0.5) is 5.69 Å². The zero-order valence-corrected chi connectivity index (χ0v) is 14.7. The zero-order chi connectivity index (χ0) is 19.0. The average molecular weight is 372 g/mol. The number of nitro benzene ring substituents is 1. The fourth-order valence-electron chi connectivity index (χ4n) is 2.90. The first-order valence-corrected chi connectivity index (χ1v) is 8.01. The van der Waals surface area contributed by atoms with Crippen molar-refractivity contribution in [3.05, 3.63) is 74.6 Å². The number of carboxylic acid groups (broad SMARTS) is 1. The van der Waals surface area contributed by atoms with E-state index in [1.54, 1.807) is 29.8 Å². The predicted molar refractivity (Wildman–Crippen MR) is 97.1 cm³/mol. The SMILES string of the molecule is Cc1nn(-c2ccc(Cl)c(C(=O)O)c2)c(C)c1-c1cccc([N+](=O)[O-])c1. The van der Waals surface area contributed by atoms with Gasteiger partial charge in [0, 0.05) is 23.4 Å². The Bertz CT molecular complexity index is 1040. The number of carbonyl (C=O) groups is 1. The van der Waals surface area contributed by atoms with Crippen molar-refractivity contribution < 1.29 is 14.8 Å². The summed E-state index contributed by atoms with van der Waals surface area (Å²) in [5.41, 5.74) is 3.37. The molecule has 0 aliphatic carbocycles. The Morgan fingerprint density at radius 3 is 2.62 bits per heavy atom. The summed E-state index contributed by atoms with van der Waals surface area (Å²) in [6.45, 7) is 3.62. The predicted octanol–water partition coefficient (Wildman–Crippen LogP) is 4.42. The van der Waals surface area contributed by atoms with E-state index in [-0.39, 0.29) is 16.3 Å². The summed E-state index contributed by atoms with van der Waals surface area (Å²) >= 11 is 5.92. The Balaban J connectivity index is 2.15. The molecule has 0 atom stereocenters. The van der Waals surface area contributed by atoms with Gasteiger partial charge in [-0.1, -0.05) is 23.7 Å². The van der Waals surface area contributed by atoms with Gasteiger partial charge in [0.15, 0.2) is 0 Å². The number of hydrogen-bond acceptors (Lipinski definition) is 4. The molecule has 0 spiro atoms. The van der Waals surface area contributed by atoms with Gasteiger partial charge < -0.3 is 5.11 Å². The number of carboxylic acids is 1. The van der Waals surface area contributed by atoms with E-state index in [4.69, 9.17) is 11.6 Å². The van der Waals surface area contributed by atoms with Crippen molar-refractivity contribution >= 4 is 23.3 Å². The van der Waals surface area contributed by atoms with E-state index in [1.807, 2.05) is 6.92 Å². The molecule has 132 valence electrons. The monoisotopic (exact) mass is 371 g/mol. The fraction of sp³-hybridized carbons (Fsp3) is 0.111. The number of hydrogen-bond donors (Lipinski definition) is 1. The highest BCUT2D eigenvalue weighted by Gasteiger charge is 2.18. The third-order valence-corrected chi connectivity index (χ3v) is 4.39. The topological polar surface area (TPSA) is 98.3 Å². The van der Waals surface area contributed by atoms with Crippen LogP contribution >= 0.6 is 11.6 Å². The van der Waals surface area contributed by atoms with Crippen LogP contribution in [0.3, 0.4) is 0 Å². The first kappa shape index (κ1) is 17.6. The van der Waals surface area contributed by atoms with Crippen molar-refractivity contribution in [1.82, 2.24) is 9.78 Å². The van der Waals surface area contributed by atoms with Crippen LogP contribution in [-0.4, -0.2) is 25.8 Å². The molecule has 3 rings (SSSR count). The molecule has 0 aliphatic rings. The number of nitro groups is 1. The van der Waals surface area contributed by atoms with Crippen LogP contribution < -0.4 is 0 Å². The summed E-state index contributed by atoms with van der Waals surface area (Å²) in [5, 5.41) is 24.9. The summed E-state index contributed by atoms with van der Waals surface area (Å²) in [4.78, 5) is 21.9. The summed E-state index contributed by atoms with van der Waals surface area (Å²) < 4.78 is 1.60. The number of aromatic carboxylic acids is 1. The van der Waals surface area contributed by atoms with Gasteiger partial charge in [0.05, 0.1) is 26.9 Å².